The van der Waals surface area contributed by atoms with Crippen LogP contribution in [-0.4, -0.2) is 29.0 Å². The van der Waals surface area contributed by atoms with Gasteiger partial charge in [-0.2, -0.15) is 0 Å². The van der Waals surface area contributed by atoms with Gasteiger partial charge in [-0.15, -0.1) is 0 Å². The van der Waals surface area contributed by atoms with Crippen LogP contribution in [0, 0.1) is 5.92 Å². The zero-order valence-corrected chi connectivity index (χ0v) is 10.1. The van der Waals surface area contributed by atoms with Crippen molar-refractivity contribution in [2.45, 2.75) is 39.3 Å². The molecule has 0 aliphatic carbocycles. The van der Waals surface area contributed by atoms with Crippen molar-refractivity contribution < 1.29 is 4.42 Å². The molecule has 16 heavy (non-hydrogen) atoms. The second kappa shape index (κ2) is 4.97. The minimum absolute atomic E-state index is 0.440. The van der Waals surface area contributed by atoms with Crippen molar-refractivity contribution in [1.82, 2.24) is 9.88 Å². The molecule has 1 aliphatic heterocycles. The third-order valence-electron chi connectivity index (χ3n) is 3.31. The minimum atomic E-state index is 0.440. The predicted octanol–water partition coefficient (Wildman–Crippen LogP) is 1.41. The Morgan fingerprint density at radius 3 is 3.00 bits per heavy atom. The van der Waals surface area contributed by atoms with E-state index in [-0.39, 0.29) is 0 Å². The van der Waals surface area contributed by atoms with Gasteiger partial charge in [0.2, 0.25) is 0 Å². The lowest BCUT2D eigenvalue weighted by Crippen LogP contribution is -2.28. The quantitative estimate of drug-likeness (QED) is 0.838. The molecule has 90 valence electrons. The van der Waals surface area contributed by atoms with Crippen molar-refractivity contribution in [2.24, 2.45) is 11.7 Å². The summed E-state index contributed by atoms with van der Waals surface area (Å²) in [5, 5.41) is 0. The van der Waals surface area contributed by atoms with Gasteiger partial charge >= 0.3 is 0 Å². The number of likely N-dealkylation sites (tertiary alicyclic amines) is 1. The Morgan fingerprint density at radius 2 is 2.44 bits per heavy atom. The van der Waals surface area contributed by atoms with Crippen LogP contribution in [0.3, 0.4) is 0 Å². The van der Waals surface area contributed by atoms with Crippen LogP contribution in [0.4, 0.5) is 0 Å². The van der Waals surface area contributed by atoms with Crippen molar-refractivity contribution >= 4 is 0 Å². The first-order chi connectivity index (χ1) is 7.69. The SMILES string of the molecule is CC(C)N1CCC(Cc2ncc(CN)o2)C1. The monoisotopic (exact) mass is 223 g/mol. The molecule has 1 unspecified atom stereocenters. The molecule has 1 fully saturated rings. The molecule has 2 heterocycles. The summed E-state index contributed by atoms with van der Waals surface area (Å²) in [4.78, 5) is 6.77. The molecule has 2 rings (SSSR count). The fraction of sp³-hybridized carbons (Fsp3) is 0.750. The Bertz CT molecular complexity index is 335. The Kier molecular flexibility index (Phi) is 3.61. The maximum absolute atomic E-state index is 5.54. The van der Waals surface area contributed by atoms with E-state index in [0.29, 0.717) is 18.5 Å². The highest BCUT2D eigenvalue weighted by Gasteiger charge is 2.25. The fourth-order valence-electron chi connectivity index (χ4n) is 2.28. The van der Waals surface area contributed by atoms with Crippen LogP contribution < -0.4 is 5.73 Å². The molecular weight excluding hydrogens is 202 g/mol. The van der Waals surface area contributed by atoms with Crippen LogP contribution in [0.1, 0.15) is 31.9 Å². The van der Waals surface area contributed by atoms with Crippen LogP contribution in [0.5, 0.6) is 0 Å². The third-order valence-corrected chi connectivity index (χ3v) is 3.31. The first-order valence-electron chi connectivity index (χ1n) is 6.06. The van der Waals surface area contributed by atoms with E-state index < -0.39 is 0 Å². The van der Waals surface area contributed by atoms with Gasteiger partial charge in [0.15, 0.2) is 5.89 Å². The summed E-state index contributed by atoms with van der Waals surface area (Å²) in [6.07, 6.45) is 3.94. The van der Waals surface area contributed by atoms with E-state index in [1.807, 2.05) is 0 Å². The molecule has 4 nitrogen and oxygen atoms in total. The van der Waals surface area contributed by atoms with Crippen molar-refractivity contribution in [3.8, 4) is 0 Å². The maximum atomic E-state index is 5.54. The van der Waals surface area contributed by atoms with E-state index in [9.17, 15) is 0 Å². The van der Waals surface area contributed by atoms with Crippen molar-refractivity contribution in [1.29, 1.82) is 0 Å². The molecule has 0 bridgehead atoms. The van der Waals surface area contributed by atoms with Crippen LogP contribution in [0.25, 0.3) is 0 Å². The van der Waals surface area contributed by atoms with E-state index in [1.54, 1.807) is 6.20 Å². The van der Waals surface area contributed by atoms with Crippen LogP contribution >= 0.6 is 0 Å². The summed E-state index contributed by atoms with van der Waals surface area (Å²) >= 11 is 0. The minimum Gasteiger partial charge on any atom is -0.444 e. The van der Waals surface area contributed by atoms with Gasteiger partial charge in [-0.25, -0.2) is 4.98 Å². The topological polar surface area (TPSA) is 55.3 Å². The number of hydrogen-bond donors (Lipinski definition) is 1. The van der Waals surface area contributed by atoms with Crippen molar-refractivity contribution in [2.75, 3.05) is 13.1 Å². The summed E-state index contributed by atoms with van der Waals surface area (Å²) in [6.45, 7) is 7.31. The smallest absolute Gasteiger partial charge is 0.194 e. The van der Waals surface area contributed by atoms with Crippen molar-refractivity contribution in [3.63, 3.8) is 0 Å². The van der Waals surface area contributed by atoms with E-state index in [1.165, 1.54) is 13.0 Å². The van der Waals surface area contributed by atoms with Gasteiger partial charge in [0.1, 0.15) is 5.76 Å². The summed E-state index contributed by atoms with van der Waals surface area (Å²) in [7, 11) is 0. The molecule has 1 aromatic heterocycles. The van der Waals surface area contributed by atoms with Gasteiger partial charge in [-0.3, -0.25) is 0 Å². The summed E-state index contributed by atoms with van der Waals surface area (Å²) in [5.74, 6) is 2.32. The standard InChI is InChI=1S/C12H21N3O/c1-9(2)15-4-3-10(8-15)5-12-14-7-11(6-13)16-12/h7,9-10H,3-6,8,13H2,1-2H3. The lowest BCUT2D eigenvalue weighted by Gasteiger charge is -2.19. The van der Waals surface area contributed by atoms with Crippen molar-refractivity contribution in [3.05, 3.63) is 17.8 Å². The molecule has 1 atom stereocenters. The van der Waals surface area contributed by atoms with Crippen LogP contribution in [0.15, 0.2) is 10.6 Å². The number of oxazole rings is 1. The van der Waals surface area contributed by atoms with Gasteiger partial charge in [0.05, 0.1) is 12.7 Å². The Labute approximate surface area is 96.8 Å². The first-order valence-corrected chi connectivity index (χ1v) is 6.06. The highest BCUT2D eigenvalue weighted by atomic mass is 16.4. The number of rotatable bonds is 4. The van der Waals surface area contributed by atoms with Gasteiger partial charge < -0.3 is 15.1 Å². The molecule has 4 heteroatoms. The molecule has 0 saturated carbocycles. The fourth-order valence-corrected chi connectivity index (χ4v) is 2.28. The molecular formula is C12H21N3O. The Morgan fingerprint density at radius 1 is 1.62 bits per heavy atom. The second-order valence-corrected chi connectivity index (χ2v) is 4.87. The maximum Gasteiger partial charge on any atom is 0.194 e. The Balaban J connectivity index is 1.87. The van der Waals surface area contributed by atoms with Gasteiger partial charge in [-0.1, -0.05) is 0 Å². The van der Waals surface area contributed by atoms with Gasteiger partial charge in [0.25, 0.3) is 0 Å². The molecule has 0 aromatic carbocycles. The lowest BCUT2D eigenvalue weighted by atomic mass is 10.1. The highest BCUT2D eigenvalue weighted by Crippen LogP contribution is 2.22. The summed E-state index contributed by atoms with van der Waals surface area (Å²) in [6, 6.07) is 0.647. The average molecular weight is 223 g/mol. The molecule has 0 radical (unpaired) electrons. The molecule has 0 amide bonds. The number of nitrogens with zero attached hydrogens (tertiary/aromatic N) is 2. The van der Waals surface area contributed by atoms with Crippen LogP contribution in [0.2, 0.25) is 0 Å². The average Bonchev–Trinajstić information content (AvgIpc) is 2.87. The lowest BCUT2D eigenvalue weighted by molar-refractivity contribution is 0.262. The first kappa shape index (κ1) is 11.6. The second-order valence-electron chi connectivity index (χ2n) is 4.87. The van der Waals surface area contributed by atoms with E-state index in [4.69, 9.17) is 10.2 Å². The van der Waals surface area contributed by atoms with E-state index >= 15 is 0 Å². The molecule has 1 aromatic rings. The summed E-state index contributed by atoms with van der Waals surface area (Å²) < 4.78 is 5.54. The third kappa shape index (κ3) is 2.62. The normalized spacial score (nSPS) is 22.1. The molecule has 0 spiro atoms. The zero-order chi connectivity index (χ0) is 11.5. The van der Waals surface area contributed by atoms with Gasteiger partial charge in [0, 0.05) is 19.0 Å². The van der Waals surface area contributed by atoms with E-state index in [0.717, 1.165) is 24.6 Å². The number of nitrogens with two attached hydrogens (primary N) is 1. The van der Waals surface area contributed by atoms with Crippen LogP contribution in [-0.2, 0) is 13.0 Å². The highest BCUT2D eigenvalue weighted by molar-refractivity contribution is 4.95. The number of aromatic nitrogens is 1. The Hall–Kier alpha value is -0.870. The van der Waals surface area contributed by atoms with Gasteiger partial charge in [-0.05, 0) is 32.7 Å². The molecule has 2 N–H and O–H groups in total. The predicted molar refractivity (Wildman–Crippen MR) is 62.9 cm³/mol. The largest absolute Gasteiger partial charge is 0.444 e. The molecule has 1 saturated heterocycles. The zero-order valence-electron chi connectivity index (χ0n) is 10.1. The molecule has 1 aliphatic rings. The summed E-state index contributed by atoms with van der Waals surface area (Å²) in [5.41, 5.74) is 5.49. The number of hydrogen-bond acceptors (Lipinski definition) is 4. The van der Waals surface area contributed by atoms with E-state index in [2.05, 4.69) is 23.7 Å².